The van der Waals surface area contributed by atoms with Crippen molar-refractivity contribution in [2.45, 2.75) is 46.6 Å². The van der Waals surface area contributed by atoms with Crippen LogP contribution in [-0.4, -0.2) is 36.5 Å². The molecule has 0 radical (unpaired) electrons. The van der Waals surface area contributed by atoms with Gasteiger partial charge in [0.1, 0.15) is 0 Å². The summed E-state index contributed by atoms with van der Waals surface area (Å²) in [5.41, 5.74) is 0. The molecule has 0 spiro atoms. The van der Waals surface area contributed by atoms with Gasteiger partial charge in [0.25, 0.3) is 0 Å². The molecule has 0 aromatic heterocycles. The van der Waals surface area contributed by atoms with E-state index in [1.165, 1.54) is 18.9 Å². The SMILES string of the molecule is COC(=O)C(C)CSCC(=O)NC(C)CCC(C)C. The smallest absolute Gasteiger partial charge is 0.309 e. The number of ether oxygens (including phenoxy) is 1. The van der Waals surface area contributed by atoms with Crippen LogP contribution in [0.2, 0.25) is 0 Å². The van der Waals surface area contributed by atoms with Gasteiger partial charge in [-0.15, -0.1) is 0 Å². The first-order valence-electron chi connectivity index (χ1n) is 6.81. The van der Waals surface area contributed by atoms with Gasteiger partial charge in [0.2, 0.25) is 5.91 Å². The summed E-state index contributed by atoms with van der Waals surface area (Å²) in [6.07, 6.45) is 2.13. The van der Waals surface area contributed by atoms with Crippen LogP contribution in [0.1, 0.15) is 40.5 Å². The summed E-state index contributed by atoms with van der Waals surface area (Å²) in [6.45, 7) is 8.20. The highest BCUT2D eigenvalue weighted by Gasteiger charge is 2.14. The van der Waals surface area contributed by atoms with Gasteiger partial charge in [-0.1, -0.05) is 20.8 Å². The van der Waals surface area contributed by atoms with Gasteiger partial charge in [-0.3, -0.25) is 9.59 Å². The number of carbonyl (C=O) groups is 2. The summed E-state index contributed by atoms with van der Waals surface area (Å²) >= 11 is 1.47. The highest BCUT2D eigenvalue weighted by Crippen LogP contribution is 2.10. The molecule has 0 fully saturated rings. The highest BCUT2D eigenvalue weighted by atomic mass is 32.2. The number of amides is 1. The van der Waals surface area contributed by atoms with E-state index in [1.807, 2.05) is 13.8 Å². The van der Waals surface area contributed by atoms with E-state index >= 15 is 0 Å². The highest BCUT2D eigenvalue weighted by molar-refractivity contribution is 7.99. The quantitative estimate of drug-likeness (QED) is 0.663. The standard InChI is InChI=1S/C14H27NO3S/c1-10(2)6-7-12(4)15-13(16)9-19-8-11(3)14(17)18-5/h10-12H,6-9H2,1-5H3,(H,15,16). The Morgan fingerprint density at radius 1 is 1.16 bits per heavy atom. The number of esters is 1. The Labute approximate surface area is 121 Å². The van der Waals surface area contributed by atoms with Gasteiger partial charge in [-0.05, 0) is 25.7 Å². The van der Waals surface area contributed by atoms with E-state index in [4.69, 9.17) is 0 Å². The van der Waals surface area contributed by atoms with Crippen LogP contribution < -0.4 is 5.32 Å². The molecule has 5 heteroatoms. The Kier molecular flexibility index (Phi) is 9.74. The zero-order valence-corrected chi connectivity index (χ0v) is 13.5. The van der Waals surface area contributed by atoms with Crippen molar-refractivity contribution in [3.8, 4) is 0 Å². The van der Waals surface area contributed by atoms with Crippen LogP contribution in [0.5, 0.6) is 0 Å². The van der Waals surface area contributed by atoms with Gasteiger partial charge in [-0.2, -0.15) is 11.8 Å². The number of rotatable bonds is 9. The first kappa shape index (κ1) is 18.3. The minimum absolute atomic E-state index is 0.0401. The molecule has 1 amide bonds. The van der Waals surface area contributed by atoms with E-state index in [0.29, 0.717) is 17.4 Å². The zero-order valence-electron chi connectivity index (χ0n) is 12.7. The number of hydrogen-bond donors (Lipinski definition) is 1. The Morgan fingerprint density at radius 2 is 1.79 bits per heavy atom. The normalized spacial score (nSPS) is 14.0. The maximum atomic E-state index is 11.7. The predicted molar refractivity (Wildman–Crippen MR) is 80.2 cm³/mol. The summed E-state index contributed by atoms with van der Waals surface area (Å²) in [5, 5.41) is 2.98. The van der Waals surface area contributed by atoms with Gasteiger partial charge in [-0.25, -0.2) is 0 Å². The molecule has 0 aliphatic carbocycles. The van der Waals surface area contributed by atoms with E-state index in [1.54, 1.807) is 0 Å². The molecule has 0 rings (SSSR count). The number of methoxy groups -OCH3 is 1. The van der Waals surface area contributed by atoms with E-state index in [2.05, 4.69) is 23.9 Å². The van der Waals surface area contributed by atoms with Crippen molar-refractivity contribution in [2.75, 3.05) is 18.6 Å². The molecule has 0 saturated carbocycles. The molecule has 4 nitrogen and oxygen atoms in total. The maximum Gasteiger partial charge on any atom is 0.309 e. The average molecular weight is 289 g/mol. The molecule has 2 unspecified atom stereocenters. The Hall–Kier alpha value is -0.710. The van der Waals surface area contributed by atoms with Crippen LogP contribution in [0.3, 0.4) is 0 Å². The second kappa shape index (κ2) is 10.1. The van der Waals surface area contributed by atoms with Crippen LogP contribution in [0, 0.1) is 11.8 Å². The third-order valence-corrected chi connectivity index (χ3v) is 3.99. The lowest BCUT2D eigenvalue weighted by Crippen LogP contribution is -2.34. The van der Waals surface area contributed by atoms with Crippen molar-refractivity contribution in [3.05, 3.63) is 0 Å². The molecule has 0 heterocycles. The van der Waals surface area contributed by atoms with E-state index in [-0.39, 0.29) is 23.8 Å². The third-order valence-electron chi connectivity index (χ3n) is 2.79. The maximum absolute atomic E-state index is 11.7. The van der Waals surface area contributed by atoms with Crippen molar-refractivity contribution in [3.63, 3.8) is 0 Å². The Morgan fingerprint density at radius 3 is 2.32 bits per heavy atom. The number of nitrogens with one attached hydrogen (secondary N) is 1. The topological polar surface area (TPSA) is 55.4 Å². The predicted octanol–water partition coefficient (Wildman–Crippen LogP) is 2.47. The third kappa shape index (κ3) is 9.82. The lowest BCUT2D eigenvalue weighted by Gasteiger charge is -2.15. The minimum Gasteiger partial charge on any atom is -0.469 e. The van der Waals surface area contributed by atoms with Crippen LogP contribution in [-0.2, 0) is 14.3 Å². The minimum atomic E-state index is -0.224. The molecular weight excluding hydrogens is 262 g/mol. The van der Waals surface area contributed by atoms with Crippen molar-refractivity contribution < 1.29 is 14.3 Å². The fourth-order valence-corrected chi connectivity index (χ4v) is 2.45. The van der Waals surface area contributed by atoms with Crippen molar-refractivity contribution in [2.24, 2.45) is 11.8 Å². The van der Waals surface area contributed by atoms with Gasteiger partial charge in [0.15, 0.2) is 0 Å². The molecule has 0 bridgehead atoms. The van der Waals surface area contributed by atoms with Crippen LogP contribution >= 0.6 is 11.8 Å². The van der Waals surface area contributed by atoms with Crippen LogP contribution in [0.4, 0.5) is 0 Å². The number of hydrogen-bond acceptors (Lipinski definition) is 4. The summed E-state index contributed by atoms with van der Waals surface area (Å²) in [5.74, 6) is 1.32. The number of carbonyl (C=O) groups excluding carboxylic acids is 2. The van der Waals surface area contributed by atoms with Gasteiger partial charge in [0, 0.05) is 11.8 Å². The molecule has 0 saturated heterocycles. The summed E-state index contributed by atoms with van der Waals surface area (Å²) in [6, 6.07) is 0.216. The fourth-order valence-electron chi connectivity index (χ4n) is 1.57. The lowest BCUT2D eigenvalue weighted by molar-refractivity contribution is -0.144. The molecule has 19 heavy (non-hydrogen) atoms. The van der Waals surface area contributed by atoms with Crippen molar-refractivity contribution >= 4 is 23.6 Å². The number of thioether (sulfide) groups is 1. The van der Waals surface area contributed by atoms with Crippen molar-refractivity contribution in [1.82, 2.24) is 5.32 Å². The van der Waals surface area contributed by atoms with Gasteiger partial charge < -0.3 is 10.1 Å². The average Bonchev–Trinajstić information content (AvgIpc) is 2.35. The zero-order chi connectivity index (χ0) is 14.8. The molecule has 0 aromatic carbocycles. The van der Waals surface area contributed by atoms with E-state index in [9.17, 15) is 9.59 Å². The van der Waals surface area contributed by atoms with Gasteiger partial charge >= 0.3 is 5.97 Å². The summed E-state index contributed by atoms with van der Waals surface area (Å²) in [7, 11) is 1.38. The van der Waals surface area contributed by atoms with E-state index < -0.39 is 0 Å². The Bertz CT molecular complexity index is 282. The van der Waals surface area contributed by atoms with Gasteiger partial charge in [0.05, 0.1) is 18.8 Å². The fraction of sp³-hybridized carbons (Fsp3) is 0.857. The van der Waals surface area contributed by atoms with Crippen LogP contribution in [0.15, 0.2) is 0 Å². The lowest BCUT2D eigenvalue weighted by atomic mass is 10.0. The molecule has 112 valence electrons. The van der Waals surface area contributed by atoms with E-state index in [0.717, 1.165) is 12.8 Å². The molecular formula is C14H27NO3S. The van der Waals surface area contributed by atoms with Crippen molar-refractivity contribution in [1.29, 1.82) is 0 Å². The molecule has 2 atom stereocenters. The first-order chi connectivity index (χ1) is 8.86. The molecule has 0 aromatic rings. The molecule has 0 aliphatic rings. The second-order valence-electron chi connectivity index (χ2n) is 5.38. The summed E-state index contributed by atoms with van der Waals surface area (Å²) in [4.78, 5) is 22.8. The second-order valence-corrected chi connectivity index (χ2v) is 6.41. The monoisotopic (exact) mass is 289 g/mol. The molecule has 0 aliphatic heterocycles. The Balaban J connectivity index is 3.72. The summed E-state index contributed by atoms with van der Waals surface area (Å²) < 4.78 is 4.64. The first-order valence-corrected chi connectivity index (χ1v) is 7.97. The largest absolute Gasteiger partial charge is 0.469 e. The van der Waals surface area contributed by atoms with Crippen LogP contribution in [0.25, 0.3) is 0 Å². The molecule has 1 N–H and O–H groups in total.